The van der Waals surface area contributed by atoms with Crippen molar-refractivity contribution in [2.75, 3.05) is 13.1 Å². The molecule has 18 heavy (non-hydrogen) atoms. The predicted octanol–water partition coefficient (Wildman–Crippen LogP) is 1.65. The van der Waals surface area contributed by atoms with Crippen LogP contribution in [0.25, 0.3) is 0 Å². The standard InChI is InChI=1S/C12H17N3O3/c1-12(2,3)17-11(16)15-4-7-8(5-15)9(7)10-13-6-14-18-10/h6-9H,4-5H2,1-3H3/t7-,8+,9+. The highest BCUT2D eigenvalue weighted by Gasteiger charge is 2.60. The fourth-order valence-corrected chi connectivity index (χ4v) is 2.70. The monoisotopic (exact) mass is 251 g/mol. The van der Waals surface area contributed by atoms with Gasteiger partial charge in [0, 0.05) is 19.0 Å². The van der Waals surface area contributed by atoms with Gasteiger partial charge in [0.2, 0.25) is 5.89 Å². The molecule has 1 aliphatic carbocycles. The van der Waals surface area contributed by atoms with Gasteiger partial charge in [-0.15, -0.1) is 0 Å². The summed E-state index contributed by atoms with van der Waals surface area (Å²) in [7, 11) is 0. The van der Waals surface area contributed by atoms with Crippen molar-refractivity contribution in [1.82, 2.24) is 15.0 Å². The van der Waals surface area contributed by atoms with Crippen LogP contribution in [0.5, 0.6) is 0 Å². The molecule has 0 aromatic carbocycles. The Morgan fingerprint density at radius 1 is 1.44 bits per heavy atom. The second-order valence-electron chi connectivity index (χ2n) is 6.02. The van der Waals surface area contributed by atoms with E-state index in [9.17, 15) is 4.79 Å². The lowest BCUT2D eigenvalue weighted by atomic mass is 10.2. The minimum Gasteiger partial charge on any atom is -0.444 e. The Morgan fingerprint density at radius 2 is 2.11 bits per heavy atom. The van der Waals surface area contributed by atoms with E-state index in [0.29, 0.717) is 23.6 Å². The second kappa shape index (κ2) is 3.70. The van der Waals surface area contributed by atoms with Crippen LogP contribution in [0, 0.1) is 11.8 Å². The minimum atomic E-state index is -0.435. The van der Waals surface area contributed by atoms with Gasteiger partial charge in [0.25, 0.3) is 0 Å². The average Bonchev–Trinajstić information content (AvgIpc) is 2.76. The Kier molecular flexibility index (Phi) is 2.36. The Morgan fingerprint density at radius 3 is 2.61 bits per heavy atom. The number of piperidine rings is 1. The van der Waals surface area contributed by atoms with E-state index < -0.39 is 5.60 Å². The van der Waals surface area contributed by atoms with Gasteiger partial charge >= 0.3 is 6.09 Å². The second-order valence-corrected chi connectivity index (χ2v) is 6.02. The normalized spacial score (nSPS) is 30.2. The SMILES string of the molecule is CC(C)(C)OC(=O)N1C[C@@H]2[C@H](C1)[C@H]2c1ncno1. The van der Waals surface area contributed by atoms with Gasteiger partial charge in [-0.25, -0.2) is 4.79 Å². The summed E-state index contributed by atoms with van der Waals surface area (Å²) in [6, 6.07) is 0. The van der Waals surface area contributed by atoms with Crippen molar-refractivity contribution in [3.63, 3.8) is 0 Å². The molecule has 1 aromatic rings. The van der Waals surface area contributed by atoms with Crippen LogP contribution < -0.4 is 0 Å². The van der Waals surface area contributed by atoms with Gasteiger partial charge in [-0.05, 0) is 32.6 Å². The molecule has 2 fully saturated rings. The van der Waals surface area contributed by atoms with Crippen LogP contribution in [0.4, 0.5) is 4.79 Å². The topological polar surface area (TPSA) is 68.5 Å². The molecular weight excluding hydrogens is 234 g/mol. The van der Waals surface area contributed by atoms with Crippen LogP contribution in [-0.4, -0.2) is 39.8 Å². The quantitative estimate of drug-likeness (QED) is 0.759. The van der Waals surface area contributed by atoms with Gasteiger partial charge in [0.1, 0.15) is 5.60 Å². The number of carbonyl (C=O) groups excluding carboxylic acids is 1. The molecule has 1 saturated heterocycles. The van der Waals surface area contributed by atoms with Crippen molar-refractivity contribution in [3.05, 3.63) is 12.2 Å². The van der Waals surface area contributed by atoms with Crippen LogP contribution in [-0.2, 0) is 4.74 Å². The summed E-state index contributed by atoms with van der Waals surface area (Å²) in [6.07, 6.45) is 1.20. The van der Waals surface area contributed by atoms with Gasteiger partial charge in [0.15, 0.2) is 6.33 Å². The first-order chi connectivity index (χ1) is 8.46. The summed E-state index contributed by atoms with van der Waals surface area (Å²) in [5.41, 5.74) is -0.435. The van der Waals surface area contributed by atoms with Crippen molar-refractivity contribution >= 4 is 6.09 Å². The number of hydrogen-bond donors (Lipinski definition) is 0. The van der Waals surface area contributed by atoms with Crippen LogP contribution >= 0.6 is 0 Å². The van der Waals surface area contributed by atoms with Crippen molar-refractivity contribution in [1.29, 1.82) is 0 Å². The highest BCUT2D eigenvalue weighted by molar-refractivity contribution is 5.69. The number of amides is 1. The van der Waals surface area contributed by atoms with E-state index in [2.05, 4.69) is 10.1 Å². The Bertz CT molecular complexity index is 440. The summed E-state index contributed by atoms with van der Waals surface area (Å²) in [5.74, 6) is 1.95. The minimum absolute atomic E-state index is 0.223. The molecule has 2 aliphatic rings. The third kappa shape index (κ3) is 1.95. The van der Waals surface area contributed by atoms with Gasteiger partial charge in [-0.1, -0.05) is 5.16 Å². The maximum atomic E-state index is 11.9. The molecule has 1 aromatic heterocycles. The van der Waals surface area contributed by atoms with Gasteiger partial charge in [-0.2, -0.15) is 4.98 Å². The summed E-state index contributed by atoms with van der Waals surface area (Å²) >= 11 is 0. The van der Waals surface area contributed by atoms with E-state index in [-0.39, 0.29) is 6.09 Å². The number of aromatic nitrogens is 2. The predicted molar refractivity (Wildman–Crippen MR) is 61.8 cm³/mol. The molecule has 98 valence electrons. The molecule has 0 radical (unpaired) electrons. The summed E-state index contributed by atoms with van der Waals surface area (Å²) in [6.45, 7) is 7.09. The fourth-order valence-electron chi connectivity index (χ4n) is 2.70. The molecule has 1 saturated carbocycles. The Labute approximate surface area is 105 Å². The van der Waals surface area contributed by atoms with Crippen LogP contribution in [0.1, 0.15) is 32.6 Å². The first-order valence-electron chi connectivity index (χ1n) is 6.20. The van der Waals surface area contributed by atoms with Crippen LogP contribution in [0.15, 0.2) is 10.9 Å². The number of rotatable bonds is 1. The van der Waals surface area contributed by atoms with E-state index in [1.165, 1.54) is 6.33 Å². The lowest BCUT2D eigenvalue weighted by Crippen LogP contribution is -2.36. The lowest BCUT2D eigenvalue weighted by Gasteiger charge is -2.25. The van der Waals surface area contributed by atoms with E-state index in [0.717, 1.165) is 13.1 Å². The number of nitrogens with zero attached hydrogens (tertiary/aromatic N) is 3. The summed E-state index contributed by atoms with van der Waals surface area (Å²) < 4.78 is 10.4. The van der Waals surface area contributed by atoms with Crippen molar-refractivity contribution in [2.45, 2.75) is 32.3 Å². The molecule has 3 atom stereocenters. The van der Waals surface area contributed by atoms with E-state index in [4.69, 9.17) is 9.26 Å². The summed E-state index contributed by atoms with van der Waals surface area (Å²) in [5, 5.41) is 3.62. The van der Waals surface area contributed by atoms with Gasteiger partial charge in [-0.3, -0.25) is 0 Å². The van der Waals surface area contributed by atoms with Crippen LogP contribution in [0.3, 0.4) is 0 Å². The highest BCUT2D eigenvalue weighted by Crippen LogP contribution is 2.57. The smallest absolute Gasteiger partial charge is 0.410 e. The number of ether oxygens (including phenoxy) is 1. The first kappa shape index (κ1) is 11.5. The van der Waals surface area contributed by atoms with E-state index in [1.807, 2.05) is 20.8 Å². The van der Waals surface area contributed by atoms with Crippen molar-refractivity contribution in [3.8, 4) is 0 Å². The number of hydrogen-bond acceptors (Lipinski definition) is 5. The summed E-state index contributed by atoms with van der Waals surface area (Å²) in [4.78, 5) is 17.7. The zero-order valence-corrected chi connectivity index (χ0v) is 10.8. The molecule has 1 amide bonds. The molecule has 1 aliphatic heterocycles. The molecular formula is C12H17N3O3. The molecule has 0 unspecified atom stereocenters. The molecule has 2 heterocycles. The van der Waals surface area contributed by atoms with Gasteiger partial charge < -0.3 is 14.2 Å². The van der Waals surface area contributed by atoms with E-state index >= 15 is 0 Å². The van der Waals surface area contributed by atoms with E-state index in [1.54, 1.807) is 4.90 Å². The molecule has 0 spiro atoms. The molecule has 0 N–H and O–H groups in total. The zero-order valence-electron chi connectivity index (χ0n) is 10.8. The zero-order chi connectivity index (χ0) is 12.9. The third-order valence-corrected chi connectivity index (χ3v) is 3.51. The molecule has 3 rings (SSSR count). The molecule has 0 bridgehead atoms. The number of fused-ring (bicyclic) bond motifs is 1. The third-order valence-electron chi connectivity index (χ3n) is 3.51. The average molecular weight is 251 g/mol. The van der Waals surface area contributed by atoms with Gasteiger partial charge in [0.05, 0.1) is 0 Å². The van der Waals surface area contributed by atoms with Crippen LogP contribution in [0.2, 0.25) is 0 Å². The van der Waals surface area contributed by atoms with Crippen molar-refractivity contribution < 1.29 is 14.1 Å². The molecule has 6 heteroatoms. The largest absolute Gasteiger partial charge is 0.444 e. The highest BCUT2D eigenvalue weighted by atomic mass is 16.6. The maximum Gasteiger partial charge on any atom is 0.410 e. The number of likely N-dealkylation sites (tertiary alicyclic amines) is 1. The van der Waals surface area contributed by atoms with Crippen molar-refractivity contribution in [2.24, 2.45) is 11.8 Å². The Balaban J connectivity index is 1.56. The fraction of sp³-hybridized carbons (Fsp3) is 0.750. The lowest BCUT2D eigenvalue weighted by molar-refractivity contribution is 0.0269. The maximum absolute atomic E-state index is 11.9. The number of carbonyl (C=O) groups is 1. The molecule has 6 nitrogen and oxygen atoms in total. The first-order valence-corrected chi connectivity index (χ1v) is 6.20. The Hall–Kier alpha value is -1.59.